The molecular formula is C18H21NO3. The minimum Gasteiger partial charge on any atom is -0.508 e. The zero-order valence-electron chi connectivity index (χ0n) is 13.3. The lowest BCUT2D eigenvalue weighted by molar-refractivity contribution is 0.102. The van der Waals surface area contributed by atoms with Crippen molar-refractivity contribution >= 4 is 11.6 Å². The van der Waals surface area contributed by atoms with Crippen LogP contribution in [-0.2, 0) is 0 Å². The molecule has 2 N–H and O–H groups in total. The Kier molecular flexibility index (Phi) is 4.71. The Bertz CT molecular complexity index is 675. The largest absolute Gasteiger partial charge is 0.508 e. The summed E-state index contributed by atoms with van der Waals surface area (Å²) < 4.78 is 5.50. The monoisotopic (exact) mass is 299 g/mol. The van der Waals surface area contributed by atoms with Crippen LogP contribution in [0.25, 0.3) is 0 Å². The number of phenols is 1. The molecule has 0 bridgehead atoms. The number of anilines is 1. The summed E-state index contributed by atoms with van der Waals surface area (Å²) in [5.74, 6) is 0.818. The highest BCUT2D eigenvalue weighted by Gasteiger charge is 2.20. The van der Waals surface area contributed by atoms with E-state index in [4.69, 9.17) is 4.74 Å². The highest BCUT2D eigenvalue weighted by Crippen LogP contribution is 2.32. The quantitative estimate of drug-likeness (QED) is 0.836. The highest BCUT2D eigenvalue weighted by molar-refractivity contribution is 6.07. The number of aryl methyl sites for hydroxylation is 1. The molecule has 0 fully saturated rings. The first-order valence-corrected chi connectivity index (χ1v) is 7.22. The number of phenolic OH excluding ortho intramolecular Hbond substituents is 1. The molecule has 0 aliphatic heterocycles. The first-order valence-electron chi connectivity index (χ1n) is 7.22. The lowest BCUT2D eigenvalue weighted by Gasteiger charge is -2.18. The molecule has 0 saturated carbocycles. The van der Waals surface area contributed by atoms with E-state index in [1.165, 1.54) is 12.1 Å². The number of amides is 1. The Morgan fingerprint density at radius 2 is 1.77 bits per heavy atom. The second-order valence-corrected chi connectivity index (χ2v) is 5.54. The summed E-state index contributed by atoms with van der Waals surface area (Å²) in [5, 5.41) is 12.1. The number of hydrogen-bond donors (Lipinski definition) is 2. The molecular weight excluding hydrogens is 278 g/mol. The van der Waals surface area contributed by atoms with Crippen molar-refractivity contribution in [1.29, 1.82) is 0 Å². The summed E-state index contributed by atoms with van der Waals surface area (Å²) in [6.45, 7) is 6.02. The molecule has 4 nitrogen and oxygen atoms in total. The average Bonchev–Trinajstić information content (AvgIpc) is 2.48. The normalized spacial score (nSPS) is 10.6. The molecule has 0 aliphatic carbocycles. The van der Waals surface area contributed by atoms with Gasteiger partial charge in [-0.3, -0.25) is 4.79 Å². The van der Waals surface area contributed by atoms with E-state index in [9.17, 15) is 9.90 Å². The molecule has 22 heavy (non-hydrogen) atoms. The van der Waals surface area contributed by atoms with Crippen LogP contribution in [0.2, 0.25) is 0 Å². The van der Waals surface area contributed by atoms with Gasteiger partial charge in [0.1, 0.15) is 11.5 Å². The second-order valence-electron chi connectivity index (χ2n) is 5.54. The van der Waals surface area contributed by atoms with E-state index in [1.54, 1.807) is 19.2 Å². The van der Waals surface area contributed by atoms with E-state index in [-0.39, 0.29) is 17.6 Å². The van der Waals surface area contributed by atoms with Gasteiger partial charge in [-0.25, -0.2) is 0 Å². The summed E-state index contributed by atoms with van der Waals surface area (Å²) in [6.07, 6.45) is 0. The minimum atomic E-state index is -0.220. The topological polar surface area (TPSA) is 58.6 Å². The van der Waals surface area contributed by atoms with Crippen LogP contribution in [0, 0.1) is 6.92 Å². The van der Waals surface area contributed by atoms with Gasteiger partial charge in [-0.15, -0.1) is 0 Å². The number of ether oxygens (including phenoxy) is 1. The van der Waals surface area contributed by atoms with E-state index in [1.807, 2.05) is 19.1 Å². The van der Waals surface area contributed by atoms with Gasteiger partial charge in [0.2, 0.25) is 0 Å². The van der Waals surface area contributed by atoms with Crippen LogP contribution in [0.5, 0.6) is 11.5 Å². The van der Waals surface area contributed by atoms with Crippen molar-refractivity contribution in [3.05, 3.63) is 53.1 Å². The van der Waals surface area contributed by atoms with Crippen LogP contribution in [0.1, 0.15) is 41.3 Å². The molecule has 4 heteroatoms. The Labute approximate surface area is 130 Å². The van der Waals surface area contributed by atoms with Crippen molar-refractivity contribution in [3.8, 4) is 11.5 Å². The molecule has 0 unspecified atom stereocenters. The number of hydrogen-bond acceptors (Lipinski definition) is 3. The maximum Gasteiger partial charge on any atom is 0.259 e. The maximum atomic E-state index is 12.6. The smallest absolute Gasteiger partial charge is 0.259 e. The third-order valence-corrected chi connectivity index (χ3v) is 3.57. The molecule has 2 aromatic rings. The van der Waals surface area contributed by atoms with E-state index in [0.29, 0.717) is 17.0 Å². The lowest BCUT2D eigenvalue weighted by Crippen LogP contribution is -2.16. The van der Waals surface area contributed by atoms with Crippen molar-refractivity contribution in [2.75, 3.05) is 12.4 Å². The van der Waals surface area contributed by atoms with Crippen molar-refractivity contribution < 1.29 is 14.6 Å². The number of carbonyl (C=O) groups is 1. The number of benzene rings is 2. The van der Waals surface area contributed by atoms with E-state index < -0.39 is 0 Å². The maximum absolute atomic E-state index is 12.6. The first-order chi connectivity index (χ1) is 10.4. The van der Waals surface area contributed by atoms with Gasteiger partial charge in [0.25, 0.3) is 5.91 Å². The van der Waals surface area contributed by atoms with E-state index in [2.05, 4.69) is 19.2 Å². The molecule has 0 spiro atoms. The third-order valence-electron chi connectivity index (χ3n) is 3.57. The van der Waals surface area contributed by atoms with Gasteiger partial charge >= 0.3 is 0 Å². The number of aromatic hydroxyl groups is 1. The second kappa shape index (κ2) is 6.52. The van der Waals surface area contributed by atoms with Crippen LogP contribution in [-0.4, -0.2) is 18.1 Å². The van der Waals surface area contributed by atoms with Crippen molar-refractivity contribution in [2.45, 2.75) is 26.7 Å². The predicted molar refractivity (Wildman–Crippen MR) is 87.9 cm³/mol. The van der Waals surface area contributed by atoms with Gasteiger partial charge in [0.15, 0.2) is 0 Å². The molecule has 0 saturated heterocycles. The van der Waals surface area contributed by atoms with Crippen molar-refractivity contribution in [3.63, 3.8) is 0 Å². The van der Waals surface area contributed by atoms with Gasteiger partial charge in [0, 0.05) is 5.69 Å². The summed E-state index contributed by atoms with van der Waals surface area (Å²) >= 11 is 0. The molecule has 0 radical (unpaired) electrons. The molecule has 2 rings (SSSR count). The van der Waals surface area contributed by atoms with Crippen LogP contribution in [0.15, 0.2) is 36.4 Å². The minimum absolute atomic E-state index is 0.161. The standard InChI is InChI=1S/C18H21NO3/c1-11(2)15-10-5-12(3)16(17(15)22-4)18(21)19-13-6-8-14(20)9-7-13/h5-11,20H,1-4H3,(H,19,21). The van der Waals surface area contributed by atoms with Crippen molar-refractivity contribution in [1.82, 2.24) is 0 Å². The zero-order chi connectivity index (χ0) is 16.3. The van der Waals surface area contributed by atoms with Gasteiger partial charge in [-0.2, -0.15) is 0 Å². The molecule has 2 aromatic carbocycles. The van der Waals surface area contributed by atoms with Gasteiger partial charge in [-0.1, -0.05) is 26.0 Å². The summed E-state index contributed by atoms with van der Waals surface area (Å²) in [7, 11) is 1.58. The number of nitrogens with one attached hydrogen (secondary N) is 1. The molecule has 0 aliphatic rings. The molecule has 116 valence electrons. The Morgan fingerprint density at radius 1 is 1.14 bits per heavy atom. The van der Waals surface area contributed by atoms with E-state index in [0.717, 1.165) is 11.1 Å². The SMILES string of the molecule is COc1c(C(C)C)ccc(C)c1C(=O)Nc1ccc(O)cc1. The van der Waals surface area contributed by atoms with Crippen molar-refractivity contribution in [2.24, 2.45) is 0 Å². The Hall–Kier alpha value is -2.49. The van der Waals surface area contributed by atoms with Gasteiger partial charge < -0.3 is 15.2 Å². The number of rotatable bonds is 4. The fraction of sp³-hybridized carbons (Fsp3) is 0.278. The first kappa shape index (κ1) is 15.9. The summed E-state index contributed by atoms with van der Waals surface area (Å²) in [5.41, 5.74) is 3.03. The van der Waals surface area contributed by atoms with Crippen LogP contribution in [0.4, 0.5) is 5.69 Å². The fourth-order valence-electron chi connectivity index (χ4n) is 2.39. The molecule has 0 heterocycles. The zero-order valence-corrected chi connectivity index (χ0v) is 13.3. The van der Waals surface area contributed by atoms with Crippen LogP contribution >= 0.6 is 0 Å². The summed E-state index contributed by atoms with van der Waals surface area (Å²) in [6, 6.07) is 10.3. The van der Waals surface area contributed by atoms with Crippen LogP contribution in [0.3, 0.4) is 0 Å². The Balaban J connectivity index is 2.40. The summed E-state index contributed by atoms with van der Waals surface area (Å²) in [4.78, 5) is 12.6. The molecule has 0 atom stereocenters. The number of carbonyl (C=O) groups excluding carboxylic acids is 1. The predicted octanol–water partition coefficient (Wildman–Crippen LogP) is 4.08. The van der Waals surface area contributed by atoms with Crippen LogP contribution < -0.4 is 10.1 Å². The average molecular weight is 299 g/mol. The molecule has 0 aromatic heterocycles. The molecule has 1 amide bonds. The fourth-order valence-corrected chi connectivity index (χ4v) is 2.39. The third kappa shape index (κ3) is 3.22. The van der Waals surface area contributed by atoms with Gasteiger partial charge in [0.05, 0.1) is 12.7 Å². The lowest BCUT2D eigenvalue weighted by atomic mass is 9.95. The highest BCUT2D eigenvalue weighted by atomic mass is 16.5. The Morgan fingerprint density at radius 3 is 2.32 bits per heavy atom. The van der Waals surface area contributed by atoms with E-state index >= 15 is 0 Å². The number of methoxy groups -OCH3 is 1. The van der Waals surface area contributed by atoms with Gasteiger partial charge in [-0.05, 0) is 48.2 Å².